The Bertz CT molecular complexity index is 1490. The molecule has 7 heteroatoms. The van der Waals surface area contributed by atoms with Crippen LogP contribution in [0.5, 0.6) is 5.75 Å². The van der Waals surface area contributed by atoms with Crippen LogP contribution >= 0.6 is 11.6 Å². The van der Waals surface area contributed by atoms with E-state index in [0.29, 0.717) is 33.9 Å². The maximum Gasteiger partial charge on any atom is 0.167 e. The fraction of sp³-hybridized carbons (Fsp3) is 0.303. The van der Waals surface area contributed by atoms with E-state index in [0.717, 1.165) is 52.3 Å². The van der Waals surface area contributed by atoms with Gasteiger partial charge in [-0.1, -0.05) is 43.3 Å². The van der Waals surface area contributed by atoms with Crippen molar-refractivity contribution in [2.75, 3.05) is 26.0 Å². The van der Waals surface area contributed by atoms with E-state index < -0.39 is 0 Å². The lowest BCUT2D eigenvalue weighted by molar-refractivity contribution is -0.116. The monoisotopic (exact) mass is 559 g/mol. The van der Waals surface area contributed by atoms with Gasteiger partial charge in [-0.05, 0) is 93.4 Å². The van der Waals surface area contributed by atoms with Gasteiger partial charge in [0.1, 0.15) is 5.75 Å². The Morgan fingerprint density at radius 2 is 1.93 bits per heavy atom. The van der Waals surface area contributed by atoms with Crippen molar-refractivity contribution >= 4 is 41.6 Å². The molecule has 1 aliphatic rings. The number of Topliss-reactive ketones (excluding diaryl/α,β-unsaturated/α-hetero) is 1. The van der Waals surface area contributed by atoms with Crippen molar-refractivity contribution in [2.45, 2.75) is 40.0 Å². The Balaban J connectivity index is 0.000000810. The number of allylic oxidation sites excluding steroid dienone is 1. The number of benzene rings is 2. The van der Waals surface area contributed by atoms with Crippen molar-refractivity contribution in [3.63, 3.8) is 0 Å². The van der Waals surface area contributed by atoms with Gasteiger partial charge in [0.15, 0.2) is 12.1 Å². The number of ether oxygens (including phenoxy) is 1. The summed E-state index contributed by atoms with van der Waals surface area (Å²) < 4.78 is 5.38. The van der Waals surface area contributed by atoms with Crippen LogP contribution in [0.25, 0.3) is 23.4 Å². The summed E-state index contributed by atoms with van der Waals surface area (Å²) in [6.45, 7) is 11.3. The summed E-state index contributed by atoms with van der Waals surface area (Å²) in [6.07, 6.45) is 7.34. The first-order valence-electron chi connectivity index (χ1n) is 13.5. The second-order valence-electron chi connectivity index (χ2n) is 9.70. The van der Waals surface area contributed by atoms with E-state index in [1.54, 1.807) is 18.3 Å². The second kappa shape index (κ2) is 14.6. The van der Waals surface area contributed by atoms with Gasteiger partial charge in [-0.2, -0.15) is 0 Å². The molecule has 1 aliphatic carbocycles. The van der Waals surface area contributed by atoms with Gasteiger partial charge in [-0.3, -0.25) is 14.6 Å². The molecule has 0 aliphatic heterocycles. The van der Waals surface area contributed by atoms with Gasteiger partial charge in [0.05, 0.1) is 35.3 Å². The smallest absolute Gasteiger partial charge is 0.167 e. The summed E-state index contributed by atoms with van der Waals surface area (Å²) in [7, 11) is 3.46. The maximum absolute atomic E-state index is 13.2. The molecule has 4 rings (SSSR count). The van der Waals surface area contributed by atoms with E-state index in [1.807, 2.05) is 57.3 Å². The summed E-state index contributed by atoms with van der Waals surface area (Å²) in [6, 6.07) is 13.2. The minimum atomic E-state index is 0.0598. The largest absolute Gasteiger partial charge is 0.496 e. The highest BCUT2D eigenvalue weighted by atomic mass is 35.5. The van der Waals surface area contributed by atoms with Crippen molar-refractivity contribution in [1.82, 2.24) is 10.3 Å². The predicted octanol–water partition coefficient (Wildman–Crippen LogP) is 5.70. The number of ketones is 1. The van der Waals surface area contributed by atoms with E-state index in [4.69, 9.17) is 16.3 Å². The molecular weight excluding hydrogens is 522 g/mol. The highest BCUT2D eigenvalue weighted by Crippen LogP contribution is 2.35. The Kier molecular flexibility index (Phi) is 11.2. The van der Waals surface area contributed by atoms with Crippen molar-refractivity contribution in [3.05, 3.63) is 87.0 Å². The zero-order valence-electron chi connectivity index (χ0n) is 23.9. The Labute approximate surface area is 241 Å². The zero-order valence-corrected chi connectivity index (χ0v) is 24.7. The first-order valence-corrected chi connectivity index (χ1v) is 13.9. The summed E-state index contributed by atoms with van der Waals surface area (Å²) in [5, 5.41) is 8.32. The molecule has 0 saturated heterocycles. The highest BCUT2D eigenvalue weighted by Gasteiger charge is 2.33. The number of methoxy groups -OCH3 is 1. The number of aryl methyl sites for hydroxylation is 1. The number of pyridine rings is 1. The first kappa shape index (κ1) is 30.8. The number of aldehydes is 1. The van der Waals surface area contributed by atoms with Crippen LogP contribution in [0, 0.1) is 12.8 Å². The Morgan fingerprint density at radius 1 is 1.18 bits per heavy atom. The summed E-state index contributed by atoms with van der Waals surface area (Å²) in [4.78, 5) is 29.1. The van der Waals surface area contributed by atoms with Gasteiger partial charge < -0.3 is 15.4 Å². The number of carbonyl (C=O) groups excluding carboxylic acids is 2. The molecule has 0 bridgehead atoms. The molecule has 1 fully saturated rings. The third-order valence-corrected chi connectivity index (χ3v) is 6.91. The van der Waals surface area contributed by atoms with Gasteiger partial charge >= 0.3 is 0 Å². The summed E-state index contributed by atoms with van der Waals surface area (Å²) in [5.74, 6) is 0.582. The lowest BCUT2D eigenvalue weighted by Gasteiger charge is -2.16. The van der Waals surface area contributed by atoms with Gasteiger partial charge in [0, 0.05) is 22.4 Å². The van der Waals surface area contributed by atoms with Gasteiger partial charge in [-0.15, -0.1) is 0 Å². The van der Waals surface area contributed by atoms with Crippen molar-refractivity contribution in [1.29, 1.82) is 0 Å². The van der Waals surface area contributed by atoms with Crippen LogP contribution in [0.15, 0.2) is 60.3 Å². The second-order valence-corrected chi connectivity index (χ2v) is 10.1. The molecule has 2 aromatic carbocycles. The molecule has 210 valence electrons. The molecule has 0 atom stereocenters. The zero-order chi connectivity index (χ0) is 29.2. The van der Waals surface area contributed by atoms with E-state index in [9.17, 15) is 9.59 Å². The van der Waals surface area contributed by atoms with E-state index in [2.05, 4.69) is 29.1 Å². The van der Waals surface area contributed by atoms with E-state index in [-0.39, 0.29) is 11.7 Å². The topological polar surface area (TPSA) is 80.3 Å². The van der Waals surface area contributed by atoms with Crippen LogP contribution in [0.3, 0.4) is 0 Å². The number of aromatic nitrogens is 1. The molecular formula is C33H38ClN3O3. The fourth-order valence-electron chi connectivity index (χ4n) is 4.22. The van der Waals surface area contributed by atoms with Crippen molar-refractivity contribution < 1.29 is 14.3 Å². The van der Waals surface area contributed by atoms with E-state index >= 15 is 0 Å². The lowest BCUT2D eigenvalue weighted by atomic mass is 9.97. The predicted molar refractivity (Wildman–Crippen MR) is 165 cm³/mol. The number of carbonyl (C=O) groups is 2. The number of nitrogens with zero attached hydrogens (tertiary/aromatic N) is 1. The van der Waals surface area contributed by atoms with Crippen molar-refractivity contribution in [2.24, 2.45) is 5.92 Å². The van der Waals surface area contributed by atoms with Gasteiger partial charge in [-0.25, -0.2) is 0 Å². The molecule has 0 radical (unpaired) electrons. The standard InChI is InChI=1S/C29H27ClN2O3.C4H11N/c1-5-23(29(34)19-9-10-19)28(32-22-11-7-18(3)31-15-22)24-12-20(8-6-17(24)2)21-13-26(30)25(16-33)27(14-21)35-4;1-3-4-5-2/h5-8,11-16,19,32H,2,9-10H2,1,3-4H3;5H,3-4H2,1-2H3/b23-5+,28-24+;. The quantitative estimate of drug-likeness (QED) is 0.245. The normalized spacial score (nSPS) is 13.6. The molecule has 0 amide bonds. The molecule has 3 aromatic rings. The third kappa shape index (κ3) is 7.68. The van der Waals surface area contributed by atoms with Crippen LogP contribution in [0.4, 0.5) is 5.69 Å². The van der Waals surface area contributed by atoms with Crippen LogP contribution in [-0.4, -0.2) is 37.8 Å². The number of nitrogens with one attached hydrogen (secondary N) is 2. The lowest BCUT2D eigenvalue weighted by Crippen LogP contribution is -2.30. The number of halogens is 1. The SMILES string of the molecule is C=c1ccc(-c2cc(Cl)c(C=O)c(OC)c2)c/c1=C(Nc1ccc(C)nc1)/C(=C\C)C(=O)C1CC1.CCCNC. The van der Waals surface area contributed by atoms with Crippen LogP contribution in [0.1, 0.15) is 49.2 Å². The molecule has 2 N–H and O–H groups in total. The highest BCUT2D eigenvalue weighted by molar-refractivity contribution is 6.33. The number of anilines is 1. The fourth-order valence-corrected chi connectivity index (χ4v) is 4.48. The Hall–Kier alpha value is -3.74. The van der Waals surface area contributed by atoms with E-state index in [1.165, 1.54) is 13.5 Å². The minimum Gasteiger partial charge on any atom is -0.496 e. The third-order valence-electron chi connectivity index (χ3n) is 6.59. The molecule has 1 aromatic heterocycles. The Morgan fingerprint density at radius 3 is 2.45 bits per heavy atom. The minimum absolute atomic E-state index is 0.0598. The number of rotatable bonds is 10. The molecule has 0 unspecified atom stereocenters. The van der Waals surface area contributed by atoms with Crippen LogP contribution < -0.4 is 25.8 Å². The van der Waals surface area contributed by atoms with Crippen LogP contribution in [-0.2, 0) is 4.79 Å². The number of hydrogen-bond donors (Lipinski definition) is 2. The maximum atomic E-state index is 13.2. The first-order chi connectivity index (χ1) is 19.3. The average Bonchev–Trinajstić information content (AvgIpc) is 3.80. The van der Waals surface area contributed by atoms with Gasteiger partial charge in [0.2, 0.25) is 0 Å². The molecule has 1 heterocycles. The summed E-state index contributed by atoms with van der Waals surface area (Å²) >= 11 is 6.37. The molecule has 0 spiro atoms. The van der Waals surface area contributed by atoms with Gasteiger partial charge in [0.25, 0.3) is 0 Å². The summed E-state index contributed by atoms with van der Waals surface area (Å²) in [5.41, 5.74) is 4.93. The molecule has 1 saturated carbocycles. The van der Waals surface area contributed by atoms with Crippen LogP contribution in [0.2, 0.25) is 5.02 Å². The molecule has 6 nitrogen and oxygen atoms in total. The molecule has 40 heavy (non-hydrogen) atoms. The average molecular weight is 560 g/mol. The van der Waals surface area contributed by atoms with Crippen molar-refractivity contribution in [3.8, 4) is 16.9 Å². The number of hydrogen-bond acceptors (Lipinski definition) is 6.